The molecular formula is C11H11Br2NO5S. The number of aliphatic carboxylic acids is 1. The molecule has 1 aliphatic rings. The summed E-state index contributed by atoms with van der Waals surface area (Å²) in [4.78, 5) is 11.1. The Kier molecular flexibility index (Phi) is 4.55. The minimum absolute atomic E-state index is 0.0268. The lowest BCUT2D eigenvalue weighted by Gasteiger charge is -2.21. The SMILES string of the molecule is O=C(O)[C@@H]1C[C@H](O)CN1S(=O)(=O)c1ccc(Br)cc1Br. The van der Waals surface area contributed by atoms with Crippen LogP contribution in [-0.4, -0.2) is 47.6 Å². The number of aliphatic hydroxyl groups is 1. The number of halogens is 2. The van der Waals surface area contributed by atoms with Crippen molar-refractivity contribution in [1.29, 1.82) is 0 Å². The lowest BCUT2D eigenvalue weighted by molar-refractivity contribution is -0.140. The highest BCUT2D eigenvalue weighted by atomic mass is 79.9. The number of hydrogen-bond donors (Lipinski definition) is 2. The first-order valence-corrected chi connectivity index (χ1v) is 8.64. The van der Waals surface area contributed by atoms with Gasteiger partial charge in [-0.1, -0.05) is 15.9 Å². The van der Waals surface area contributed by atoms with Crippen LogP contribution in [-0.2, 0) is 14.8 Å². The molecule has 6 nitrogen and oxygen atoms in total. The van der Waals surface area contributed by atoms with Crippen LogP contribution in [0.1, 0.15) is 6.42 Å². The molecule has 0 amide bonds. The summed E-state index contributed by atoms with van der Waals surface area (Å²) in [7, 11) is -3.99. The third-order valence-corrected chi connectivity index (χ3v) is 6.34. The molecule has 0 aromatic heterocycles. The Morgan fingerprint density at radius 3 is 2.55 bits per heavy atom. The molecule has 1 fully saturated rings. The molecule has 110 valence electrons. The van der Waals surface area contributed by atoms with E-state index in [0.29, 0.717) is 8.95 Å². The number of aliphatic hydroxyl groups excluding tert-OH is 1. The molecule has 0 spiro atoms. The van der Waals surface area contributed by atoms with E-state index < -0.39 is 28.1 Å². The van der Waals surface area contributed by atoms with Crippen LogP contribution in [0.25, 0.3) is 0 Å². The van der Waals surface area contributed by atoms with Gasteiger partial charge < -0.3 is 10.2 Å². The predicted octanol–water partition coefficient (Wildman–Crippen LogP) is 1.42. The Balaban J connectivity index is 2.46. The largest absolute Gasteiger partial charge is 0.480 e. The molecule has 2 atom stereocenters. The smallest absolute Gasteiger partial charge is 0.322 e. The standard InChI is InChI=1S/C11H11Br2NO5S/c12-6-1-2-10(8(13)3-6)20(18,19)14-5-7(15)4-9(14)11(16)17/h1-3,7,9,15H,4-5H2,(H,16,17)/t7-,9-/m0/s1. The van der Waals surface area contributed by atoms with Crippen molar-refractivity contribution < 1.29 is 23.4 Å². The van der Waals surface area contributed by atoms with E-state index in [0.717, 1.165) is 4.31 Å². The van der Waals surface area contributed by atoms with E-state index in [1.165, 1.54) is 6.07 Å². The molecule has 0 radical (unpaired) electrons. The maximum Gasteiger partial charge on any atom is 0.322 e. The van der Waals surface area contributed by atoms with Crippen molar-refractivity contribution in [2.45, 2.75) is 23.5 Å². The van der Waals surface area contributed by atoms with Gasteiger partial charge in [0.1, 0.15) is 6.04 Å². The quantitative estimate of drug-likeness (QED) is 0.759. The number of nitrogens with zero attached hydrogens (tertiary/aromatic N) is 1. The van der Waals surface area contributed by atoms with Gasteiger partial charge in [0.2, 0.25) is 10.0 Å². The second-order valence-corrected chi connectivity index (χ2v) is 8.02. The summed E-state index contributed by atoms with van der Waals surface area (Å²) in [6.45, 7) is -0.220. The van der Waals surface area contributed by atoms with E-state index in [1.807, 2.05) is 0 Å². The minimum atomic E-state index is -3.99. The van der Waals surface area contributed by atoms with Crippen LogP contribution < -0.4 is 0 Å². The minimum Gasteiger partial charge on any atom is -0.480 e. The average Bonchev–Trinajstić information content (AvgIpc) is 2.71. The first kappa shape index (κ1) is 15.9. The van der Waals surface area contributed by atoms with Gasteiger partial charge in [-0.25, -0.2) is 8.42 Å². The van der Waals surface area contributed by atoms with Crippen molar-refractivity contribution >= 4 is 47.9 Å². The molecule has 1 aromatic carbocycles. The van der Waals surface area contributed by atoms with Crippen molar-refractivity contribution in [3.63, 3.8) is 0 Å². The fourth-order valence-corrected chi connectivity index (χ4v) is 5.42. The topological polar surface area (TPSA) is 94.9 Å². The highest BCUT2D eigenvalue weighted by Crippen LogP contribution is 2.32. The van der Waals surface area contributed by atoms with Crippen molar-refractivity contribution in [3.8, 4) is 0 Å². The monoisotopic (exact) mass is 427 g/mol. The third kappa shape index (κ3) is 2.91. The number of carbonyl (C=O) groups is 1. The molecule has 0 unspecified atom stereocenters. The molecule has 0 saturated carbocycles. The second kappa shape index (κ2) is 5.72. The molecular weight excluding hydrogens is 418 g/mol. The lowest BCUT2D eigenvalue weighted by Crippen LogP contribution is -2.40. The number of rotatable bonds is 3. The predicted molar refractivity (Wildman–Crippen MR) is 77.8 cm³/mol. The summed E-state index contributed by atoms with van der Waals surface area (Å²) in [5, 5.41) is 18.6. The zero-order valence-electron chi connectivity index (χ0n) is 10.0. The molecule has 0 aliphatic carbocycles. The second-order valence-electron chi connectivity index (χ2n) is 4.39. The number of β-amino-alcohol motifs (C(OH)–C–C–N with tert-alkyl or cyclic N) is 1. The van der Waals surface area contributed by atoms with Gasteiger partial charge in [0, 0.05) is 21.9 Å². The zero-order chi connectivity index (χ0) is 15.1. The molecule has 1 aromatic rings. The summed E-state index contributed by atoms with van der Waals surface area (Å²) in [5.74, 6) is -1.27. The maximum atomic E-state index is 12.5. The van der Waals surface area contributed by atoms with Gasteiger partial charge in [-0.2, -0.15) is 4.31 Å². The normalized spacial score (nSPS) is 23.9. The van der Waals surface area contributed by atoms with E-state index in [2.05, 4.69) is 31.9 Å². The van der Waals surface area contributed by atoms with Crippen LogP contribution in [0, 0.1) is 0 Å². The van der Waals surface area contributed by atoms with Crippen LogP contribution in [0.5, 0.6) is 0 Å². The summed E-state index contributed by atoms with van der Waals surface area (Å²) in [5.41, 5.74) is 0. The first-order valence-electron chi connectivity index (χ1n) is 5.61. The van der Waals surface area contributed by atoms with Gasteiger partial charge in [-0.3, -0.25) is 4.79 Å². The summed E-state index contributed by atoms with van der Waals surface area (Å²) >= 11 is 6.37. The van der Waals surface area contributed by atoms with Crippen LogP contribution in [0.4, 0.5) is 0 Å². The van der Waals surface area contributed by atoms with Gasteiger partial charge in [0.15, 0.2) is 0 Å². The van der Waals surface area contributed by atoms with Gasteiger partial charge in [-0.15, -0.1) is 0 Å². The van der Waals surface area contributed by atoms with E-state index >= 15 is 0 Å². The Morgan fingerprint density at radius 2 is 2.00 bits per heavy atom. The summed E-state index contributed by atoms with van der Waals surface area (Å²) in [6, 6.07) is 3.26. The Hall–Kier alpha value is -0.480. The van der Waals surface area contributed by atoms with Crippen molar-refractivity contribution in [2.75, 3.05) is 6.54 Å². The zero-order valence-corrected chi connectivity index (χ0v) is 14.0. The van der Waals surface area contributed by atoms with E-state index in [4.69, 9.17) is 5.11 Å². The average molecular weight is 429 g/mol. The molecule has 1 saturated heterocycles. The molecule has 1 heterocycles. The van der Waals surface area contributed by atoms with Crippen molar-refractivity contribution in [2.24, 2.45) is 0 Å². The molecule has 2 N–H and O–H groups in total. The number of benzene rings is 1. The molecule has 20 heavy (non-hydrogen) atoms. The first-order chi connectivity index (χ1) is 9.23. The van der Waals surface area contributed by atoms with Gasteiger partial charge >= 0.3 is 5.97 Å². The van der Waals surface area contributed by atoms with E-state index in [1.54, 1.807) is 12.1 Å². The van der Waals surface area contributed by atoms with Crippen molar-refractivity contribution in [3.05, 3.63) is 27.1 Å². The summed E-state index contributed by atoms with van der Waals surface area (Å²) in [6.07, 6.45) is -1.08. The molecule has 1 aliphatic heterocycles. The van der Waals surface area contributed by atoms with Gasteiger partial charge in [-0.05, 0) is 34.1 Å². The fourth-order valence-electron chi connectivity index (χ4n) is 2.09. The highest BCUT2D eigenvalue weighted by Gasteiger charge is 2.44. The van der Waals surface area contributed by atoms with Crippen LogP contribution in [0.15, 0.2) is 32.0 Å². The van der Waals surface area contributed by atoms with Crippen LogP contribution in [0.2, 0.25) is 0 Å². The Labute approximate surface area is 132 Å². The Morgan fingerprint density at radius 1 is 1.35 bits per heavy atom. The summed E-state index contributed by atoms with van der Waals surface area (Å²) < 4.78 is 26.9. The lowest BCUT2D eigenvalue weighted by atomic mass is 10.2. The van der Waals surface area contributed by atoms with Crippen molar-refractivity contribution in [1.82, 2.24) is 4.31 Å². The number of carboxylic acids is 1. The number of sulfonamides is 1. The number of hydrogen-bond acceptors (Lipinski definition) is 4. The van der Waals surface area contributed by atoms with E-state index in [-0.39, 0.29) is 17.9 Å². The molecule has 0 bridgehead atoms. The third-order valence-electron chi connectivity index (χ3n) is 3.00. The molecule has 2 rings (SSSR count). The van der Waals surface area contributed by atoms with Crippen LogP contribution >= 0.6 is 31.9 Å². The Bertz CT molecular complexity index is 648. The fraction of sp³-hybridized carbons (Fsp3) is 0.364. The number of carboxylic acid groups (broad SMARTS) is 1. The van der Waals surface area contributed by atoms with Gasteiger partial charge in [0.05, 0.1) is 11.0 Å². The van der Waals surface area contributed by atoms with Gasteiger partial charge in [0.25, 0.3) is 0 Å². The highest BCUT2D eigenvalue weighted by molar-refractivity contribution is 9.11. The van der Waals surface area contributed by atoms with E-state index in [9.17, 15) is 18.3 Å². The van der Waals surface area contributed by atoms with Crippen LogP contribution in [0.3, 0.4) is 0 Å². The molecule has 9 heteroatoms. The maximum absolute atomic E-state index is 12.5.